The largest absolute Gasteiger partial charge is 0.326 e. The van der Waals surface area contributed by atoms with Gasteiger partial charge in [-0.2, -0.15) is 0 Å². The highest BCUT2D eigenvalue weighted by Gasteiger charge is 2.29. The van der Waals surface area contributed by atoms with Crippen LogP contribution in [-0.4, -0.2) is 11.8 Å². The van der Waals surface area contributed by atoms with Crippen molar-refractivity contribution in [2.24, 2.45) is 5.92 Å². The summed E-state index contributed by atoms with van der Waals surface area (Å²) < 4.78 is 27.0. The van der Waals surface area contributed by atoms with E-state index in [-0.39, 0.29) is 17.4 Å². The van der Waals surface area contributed by atoms with Crippen molar-refractivity contribution in [2.75, 3.05) is 10.6 Å². The molecule has 0 radical (unpaired) electrons. The third-order valence-corrected chi connectivity index (χ3v) is 3.75. The number of anilines is 2. The molecule has 128 valence electrons. The van der Waals surface area contributed by atoms with Crippen LogP contribution in [0.1, 0.15) is 18.4 Å². The first-order valence-electron chi connectivity index (χ1n) is 7.87. The van der Waals surface area contributed by atoms with Crippen LogP contribution in [-0.2, 0) is 9.59 Å². The molecule has 1 fully saturated rings. The van der Waals surface area contributed by atoms with Gasteiger partial charge in [-0.25, -0.2) is 8.78 Å². The van der Waals surface area contributed by atoms with Gasteiger partial charge in [0, 0.05) is 28.9 Å². The Bertz CT molecular complexity index is 825. The zero-order valence-corrected chi connectivity index (χ0v) is 13.3. The van der Waals surface area contributed by atoms with Gasteiger partial charge in [0.15, 0.2) is 0 Å². The van der Waals surface area contributed by atoms with Gasteiger partial charge < -0.3 is 10.6 Å². The molecule has 0 bridgehead atoms. The molecule has 1 aliphatic carbocycles. The van der Waals surface area contributed by atoms with E-state index in [1.54, 1.807) is 24.3 Å². The Balaban J connectivity index is 1.64. The number of carbonyl (C=O) groups is 2. The lowest BCUT2D eigenvalue weighted by molar-refractivity contribution is -0.117. The fourth-order valence-electron chi connectivity index (χ4n) is 2.28. The molecule has 1 aliphatic rings. The molecule has 2 aromatic rings. The smallest absolute Gasteiger partial charge is 0.248 e. The maximum absolute atomic E-state index is 13.5. The van der Waals surface area contributed by atoms with Crippen molar-refractivity contribution in [3.8, 4) is 0 Å². The van der Waals surface area contributed by atoms with Gasteiger partial charge in [0.1, 0.15) is 11.6 Å². The molecule has 3 rings (SSSR count). The van der Waals surface area contributed by atoms with Crippen molar-refractivity contribution in [1.82, 2.24) is 0 Å². The van der Waals surface area contributed by atoms with Crippen LogP contribution in [0.25, 0.3) is 6.08 Å². The van der Waals surface area contributed by atoms with Crippen LogP contribution >= 0.6 is 0 Å². The van der Waals surface area contributed by atoms with Crippen LogP contribution in [0.5, 0.6) is 0 Å². The lowest BCUT2D eigenvalue weighted by Crippen LogP contribution is -2.14. The van der Waals surface area contributed by atoms with Gasteiger partial charge in [0.2, 0.25) is 11.8 Å². The highest BCUT2D eigenvalue weighted by atomic mass is 19.1. The fraction of sp³-hybridized carbons (Fsp3) is 0.158. The van der Waals surface area contributed by atoms with Crippen LogP contribution < -0.4 is 10.6 Å². The van der Waals surface area contributed by atoms with Gasteiger partial charge in [-0.05, 0) is 49.2 Å². The number of halogens is 2. The maximum Gasteiger partial charge on any atom is 0.248 e. The van der Waals surface area contributed by atoms with Crippen molar-refractivity contribution in [2.45, 2.75) is 12.8 Å². The van der Waals surface area contributed by atoms with E-state index in [0.717, 1.165) is 37.1 Å². The molecule has 4 nitrogen and oxygen atoms in total. The summed E-state index contributed by atoms with van der Waals surface area (Å²) in [6, 6.07) is 10.2. The van der Waals surface area contributed by atoms with Crippen molar-refractivity contribution < 1.29 is 18.4 Å². The molecule has 6 heteroatoms. The Morgan fingerprint density at radius 1 is 0.960 bits per heavy atom. The first-order chi connectivity index (χ1) is 12.0. The predicted octanol–water partition coefficient (Wildman–Crippen LogP) is 3.97. The highest BCUT2D eigenvalue weighted by molar-refractivity contribution is 6.02. The second kappa shape index (κ2) is 7.25. The van der Waals surface area contributed by atoms with Crippen LogP contribution in [0.15, 0.2) is 48.5 Å². The van der Waals surface area contributed by atoms with E-state index in [4.69, 9.17) is 0 Å². The average molecular weight is 342 g/mol. The van der Waals surface area contributed by atoms with E-state index in [0.29, 0.717) is 11.4 Å². The molecule has 0 atom stereocenters. The standard InChI is InChI=1S/C19H16F2N2O2/c20-16-5-2-6-17(21)15(16)9-10-18(24)22-13-3-1-4-14(11-13)23-19(25)12-7-8-12/h1-6,9-12H,7-8H2,(H,22,24)(H,23,25)/b10-9+. The minimum absolute atomic E-state index is 0.0293. The van der Waals surface area contributed by atoms with E-state index >= 15 is 0 Å². The Morgan fingerprint density at radius 2 is 1.56 bits per heavy atom. The van der Waals surface area contributed by atoms with Gasteiger partial charge >= 0.3 is 0 Å². The van der Waals surface area contributed by atoms with Gasteiger partial charge in [-0.1, -0.05) is 12.1 Å². The molecule has 0 unspecified atom stereocenters. The average Bonchev–Trinajstić information content (AvgIpc) is 3.39. The minimum atomic E-state index is -0.742. The van der Waals surface area contributed by atoms with E-state index < -0.39 is 17.5 Å². The van der Waals surface area contributed by atoms with E-state index in [9.17, 15) is 18.4 Å². The number of carbonyl (C=O) groups excluding carboxylic acids is 2. The second-order valence-electron chi connectivity index (χ2n) is 5.80. The number of amides is 2. The summed E-state index contributed by atoms with van der Waals surface area (Å²) in [6.45, 7) is 0. The molecule has 2 aromatic carbocycles. The summed E-state index contributed by atoms with van der Waals surface area (Å²) in [6.07, 6.45) is 3.94. The topological polar surface area (TPSA) is 58.2 Å². The maximum atomic E-state index is 13.5. The molecule has 0 spiro atoms. The molecular formula is C19H16F2N2O2. The molecule has 1 saturated carbocycles. The highest BCUT2D eigenvalue weighted by Crippen LogP contribution is 2.30. The summed E-state index contributed by atoms with van der Waals surface area (Å²) in [7, 11) is 0. The Kier molecular flexibility index (Phi) is 4.88. The van der Waals surface area contributed by atoms with Crippen molar-refractivity contribution in [1.29, 1.82) is 0 Å². The van der Waals surface area contributed by atoms with Crippen molar-refractivity contribution in [3.05, 3.63) is 65.7 Å². The summed E-state index contributed by atoms with van der Waals surface area (Å²) in [5, 5.41) is 5.37. The lowest BCUT2D eigenvalue weighted by Gasteiger charge is -2.07. The Morgan fingerprint density at radius 3 is 2.20 bits per heavy atom. The zero-order valence-electron chi connectivity index (χ0n) is 13.3. The fourth-order valence-corrected chi connectivity index (χ4v) is 2.28. The molecule has 0 saturated heterocycles. The van der Waals surface area contributed by atoms with Gasteiger partial charge in [0.25, 0.3) is 0 Å². The first-order valence-corrected chi connectivity index (χ1v) is 7.87. The van der Waals surface area contributed by atoms with E-state index in [1.807, 2.05) is 0 Å². The minimum Gasteiger partial charge on any atom is -0.326 e. The second-order valence-corrected chi connectivity index (χ2v) is 5.80. The number of hydrogen-bond donors (Lipinski definition) is 2. The molecule has 2 amide bonds. The van der Waals surface area contributed by atoms with Gasteiger partial charge in [-0.15, -0.1) is 0 Å². The van der Waals surface area contributed by atoms with E-state index in [1.165, 1.54) is 6.07 Å². The lowest BCUT2D eigenvalue weighted by atomic mass is 10.2. The van der Waals surface area contributed by atoms with Crippen LogP contribution in [0, 0.1) is 17.6 Å². The molecule has 0 aromatic heterocycles. The van der Waals surface area contributed by atoms with Gasteiger partial charge in [-0.3, -0.25) is 9.59 Å². The SMILES string of the molecule is O=C(/C=C/c1c(F)cccc1F)Nc1cccc(NC(=O)C2CC2)c1. The number of benzene rings is 2. The molecule has 0 heterocycles. The van der Waals surface area contributed by atoms with Crippen LogP contribution in [0.2, 0.25) is 0 Å². The Hall–Kier alpha value is -3.02. The third-order valence-electron chi connectivity index (χ3n) is 3.75. The summed E-state index contributed by atoms with van der Waals surface area (Å²) in [5.74, 6) is -1.97. The Labute approximate surface area is 143 Å². The summed E-state index contributed by atoms with van der Waals surface area (Å²) >= 11 is 0. The normalized spacial score (nSPS) is 13.7. The number of rotatable bonds is 5. The molecule has 2 N–H and O–H groups in total. The predicted molar refractivity (Wildman–Crippen MR) is 91.8 cm³/mol. The molecule has 0 aliphatic heterocycles. The monoisotopic (exact) mass is 342 g/mol. The molecule has 25 heavy (non-hydrogen) atoms. The van der Waals surface area contributed by atoms with Crippen LogP contribution in [0.4, 0.5) is 20.2 Å². The van der Waals surface area contributed by atoms with Gasteiger partial charge in [0.05, 0.1) is 0 Å². The molecular weight excluding hydrogens is 326 g/mol. The number of nitrogens with one attached hydrogen (secondary N) is 2. The summed E-state index contributed by atoms with van der Waals surface area (Å²) in [4.78, 5) is 23.7. The quantitative estimate of drug-likeness (QED) is 0.808. The van der Waals surface area contributed by atoms with E-state index in [2.05, 4.69) is 10.6 Å². The summed E-state index contributed by atoms with van der Waals surface area (Å²) in [5.41, 5.74) is 0.777. The zero-order chi connectivity index (χ0) is 17.8. The third kappa shape index (κ3) is 4.50. The number of hydrogen-bond acceptors (Lipinski definition) is 2. The van der Waals surface area contributed by atoms with Crippen molar-refractivity contribution in [3.63, 3.8) is 0 Å². The van der Waals surface area contributed by atoms with Crippen LogP contribution in [0.3, 0.4) is 0 Å². The first kappa shape index (κ1) is 16.8. The van der Waals surface area contributed by atoms with Crippen molar-refractivity contribution >= 4 is 29.3 Å².